The second-order valence-corrected chi connectivity index (χ2v) is 8.80. The number of rotatable bonds is 7. The number of carbonyl (C=O) groups excluding carboxylic acids is 2. The summed E-state index contributed by atoms with van der Waals surface area (Å²) in [5.41, 5.74) is 1.69. The summed E-state index contributed by atoms with van der Waals surface area (Å²) in [7, 11) is 0. The van der Waals surface area contributed by atoms with Crippen molar-refractivity contribution in [3.05, 3.63) is 54.6 Å². The molecule has 2 aliphatic heterocycles. The lowest BCUT2D eigenvalue weighted by atomic mass is 9.95. The van der Waals surface area contributed by atoms with Gasteiger partial charge in [0.25, 0.3) is 0 Å². The number of hydrogen-bond acceptors (Lipinski definition) is 5. The van der Waals surface area contributed by atoms with Crippen molar-refractivity contribution in [2.45, 2.75) is 19.3 Å². The quantitative estimate of drug-likeness (QED) is 0.581. The second kappa shape index (κ2) is 10.5. The number of para-hydroxylation sites is 3. The van der Waals surface area contributed by atoms with Gasteiger partial charge in [0, 0.05) is 31.2 Å². The Balaban J connectivity index is 1.14. The largest absolute Gasteiger partial charge is 0.506 e. The summed E-state index contributed by atoms with van der Waals surface area (Å²) in [5, 5.41) is 15.7. The fourth-order valence-corrected chi connectivity index (χ4v) is 4.56. The number of piperidine rings is 1. The van der Waals surface area contributed by atoms with Crippen LogP contribution in [0.2, 0.25) is 0 Å². The fourth-order valence-electron chi connectivity index (χ4n) is 4.56. The molecule has 2 fully saturated rings. The zero-order valence-electron chi connectivity index (χ0n) is 18.4. The summed E-state index contributed by atoms with van der Waals surface area (Å²) in [6.45, 7) is 4.53. The molecule has 170 valence electrons. The van der Waals surface area contributed by atoms with Gasteiger partial charge in [0.05, 0.1) is 12.2 Å². The maximum Gasteiger partial charge on any atom is 0.234 e. The number of aromatic hydroxyl groups is 1. The average Bonchev–Trinajstić information content (AvgIpc) is 3.29. The highest BCUT2D eigenvalue weighted by molar-refractivity contribution is 5.93. The SMILES string of the molecule is O=C(CN1CCC(C(=O)Nc2ccccc2O)CC1)NCC1CCN(c2ccccc2)C1. The van der Waals surface area contributed by atoms with Gasteiger partial charge in [0.15, 0.2) is 0 Å². The van der Waals surface area contributed by atoms with Crippen LogP contribution in [0.4, 0.5) is 11.4 Å². The normalized spacial score (nSPS) is 19.6. The predicted octanol–water partition coefficient (Wildman–Crippen LogP) is 2.69. The zero-order valence-corrected chi connectivity index (χ0v) is 18.4. The summed E-state index contributed by atoms with van der Waals surface area (Å²) in [6, 6.07) is 17.2. The van der Waals surface area contributed by atoms with Crippen LogP contribution in [0.15, 0.2) is 54.6 Å². The Bertz CT molecular complexity index is 912. The van der Waals surface area contributed by atoms with Crippen LogP contribution in [0.5, 0.6) is 5.75 Å². The van der Waals surface area contributed by atoms with Crippen molar-refractivity contribution < 1.29 is 14.7 Å². The van der Waals surface area contributed by atoms with Gasteiger partial charge in [-0.3, -0.25) is 14.5 Å². The number of amides is 2. The van der Waals surface area contributed by atoms with E-state index in [1.54, 1.807) is 24.3 Å². The van der Waals surface area contributed by atoms with E-state index < -0.39 is 0 Å². The maximum atomic E-state index is 12.5. The van der Waals surface area contributed by atoms with Gasteiger partial charge in [0.2, 0.25) is 11.8 Å². The summed E-state index contributed by atoms with van der Waals surface area (Å²) < 4.78 is 0. The molecule has 7 heteroatoms. The molecule has 0 saturated carbocycles. The molecule has 1 atom stereocenters. The van der Waals surface area contributed by atoms with Gasteiger partial charge in [-0.25, -0.2) is 0 Å². The molecular weight excluding hydrogens is 404 g/mol. The molecule has 4 rings (SSSR count). The van der Waals surface area contributed by atoms with Crippen molar-refractivity contribution >= 4 is 23.2 Å². The molecular formula is C25H32N4O3. The molecule has 7 nitrogen and oxygen atoms in total. The van der Waals surface area contributed by atoms with E-state index in [9.17, 15) is 14.7 Å². The highest BCUT2D eigenvalue weighted by Crippen LogP contribution is 2.25. The van der Waals surface area contributed by atoms with Crippen LogP contribution in [0, 0.1) is 11.8 Å². The fraction of sp³-hybridized carbons (Fsp3) is 0.440. The van der Waals surface area contributed by atoms with E-state index in [1.165, 1.54) is 5.69 Å². The first kappa shape index (κ1) is 22.1. The number of carbonyl (C=O) groups is 2. The molecule has 3 N–H and O–H groups in total. The number of hydrogen-bond donors (Lipinski definition) is 3. The van der Waals surface area contributed by atoms with Gasteiger partial charge in [0.1, 0.15) is 5.75 Å². The molecule has 0 radical (unpaired) electrons. The van der Waals surface area contributed by atoms with Crippen molar-refractivity contribution in [3.63, 3.8) is 0 Å². The van der Waals surface area contributed by atoms with Crippen LogP contribution in [-0.4, -0.2) is 61.1 Å². The lowest BCUT2D eigenvalue weighted by Crippen LogP contribution is -2.44. The summed E-state index contributed by atoms with van der Waals surface area (Å²) in [5.74, 6) is 0.434. The van der Waals surface area contributed by atoms with E-state index in [1.807, 2.05) is 6.07 Å². The molecule has 1 unspecified atom stereocenters. The first-order valence-corrected chi connectivity index (χ1v) is 11.5. The smallest absolute Gasteiger partial charge is 0.234 e. The van der Waals surface area contributed by atoms with E-state index >= 15 is 0 Å². The highest BCUT2D eigenvalue weighted by atomic mass is 16.3. The van der Waals surface area contributed by atoms with Gasteiger partial charge < -0.3 is 20.6 Å². The van der Waals surface area contributed by atoms with Crippen LogP contribution in [0.1, 0.15) is 19.3 Å². The Morgan fingerprint density at radius 2 is 1.66 bits per heavy atom. The molecule has 32 heavy (non-hydrogen) atoms. The van der Waals surface area contributed by atoms with Gasteiger partial charge in [-0.2, -0.15) is 0 Å². The Kier molecular flexibility index (Phi) is 7.27. The topological polar surface area (TPSA) is 84.9 Å². The van der Waals surface area contributed by atoms with Crippen molar-refractivity contribution in [1.29, 1.82) is 0 Å². The maximum absolute atomic E-state index is 12.5. The number of nitrogens with one attached hydrogen (secondary N) is 2. The van der Waals surface area contributed by atoms with E-state index in [2.05, 4.69) is 44.7 Å². The van der Waals surface area contributed by atoms with Crippen LogP contribution < -0.4 is 15.5 Å². The summed E-state index contributed by atoms with van der Waals surface area (Å²) in [4.78, 5) is 29.4. The van der Waals surface area contributed by atoms with Gasteiger partial charge in [-0.1, -0.05) is 30.3 Å². The molecule has 2 saturated heterocycles. The predicted molar refractivity (Wildman–Crippen MR) is 126 cm³/mol. The highest BCUT2D eigenvalue weighted by Gasteiger charge is 2.27. The Morgan fingerprint density at radius 3 is 2.41 bits per heavy atom. The molecule has 2 aromatic rings. The van der Waals surface area contributed by atoms with Crippen LogP contribution in [0.25, 0.3) is 0 Å². The molecule has 2 amide bonds. The minimum atomic E-state index is -0.101. The van der Waals surface area contributed by atoms with Gasteiger partial charge in [-0.15, -0.1) is 0 Å². The number of likely N-dealkylation sites (tertiary alicyclic amines) is 1. The first-order chi connectivity index (χ1) is 15.6. The van der Waals surface area contributed by atoms with Crippen molar-refractivity contribution in [2.24, 2.45) is 11.8 Å². The molecule has 2 aromatic carbocycles. The van der Waals surface area contributed by atoms with Gasteiger partial charge >= 0.3 is 0 Å². The van der Waals surface area contributed by atoms with Crippen LogP contribution >= 0.6 is 0 Å². The van der Waals surface area contributed by atoms with Crippen LogP contribution in [0.3, 0.4) is 0 Å². The van der Waals surface area contributed by atoms with E-state index in [-0.39, 0.29) is 23.5 Å². The summed E-state index contributed by atoms with van der Waals surface area (Å²) >= 11 is 0. The number of phenols is 1. The lowest BCUT2D eigenvalue weighted by molar-refractivity contribution is -0.123. The van der Waals surface area contributed by atoms with E-state index in [0.717, 1.165) is 32.6 Å². The standard InChI is InChI=1S/C25H32N4O3/c30-23-9-5-4-8-22(23)27-25(32)20-11-13-28(14-12-20)18-24(31)26-16-19-10-15-29(17-19)21-6-2-1-3-7-21/h1-9,19-20,30H,10-18H2,(H,26,31)(H,27,32). The zero-order chi connectivity index (χ0) is 22.3. The molecule has 0 spiro atoms. The van der Waals surface area contributed by atoms with E-state index in [4.69, 9.17) is 0 Å². The minimum Gasteiger partial charge on any atom is -0.506 e. The number of benzene rings is 2. The summed E-state index contributed by atoms with van der Waals surface area (Å²) in [6.07, 6.45) is 2.51. The third kappa shape index (κ3) is 5.79. The molecule has 0 aromatic heterocycles. The molecule has 0 aliphatic carbocycles. The van der Waals surface area contributed by atoms with Crippen molar-refractivity contribution in [3.8, 4) is 5.75 Å². The monoisotopic (exact) mass is 436 g/mol. The number of phenolic OH excluding ortho intramolecular Hbond substituents is 1. The minimum absolute atomic E-state index is 0.0558. The average molecular weight is 437 g/mol. The number of anilines is 2. The van der Waals surface area contributed by atoms with Crippen molar-refractivity contribution in [2.75, 3.05) is 49.5 Å². The third-order valence-corrected chi connectivity index (χ3v) is 6.48. The van der Waals surface area contributed by atoms with E-state index in [0.29, 0.717) is 37.5 Å². The number of nitrogens with zero attached hydrogens (tertiary/aromatic N) is 2. The van der Waals surface area contributed by atoms with Crippen LogP contribution in [-0.2, 0) is 9.59 Å². The second-order valence-electron chi connectivity index (χ2n) is 8.80. The third-order valence-electron chi connectivity index (χ3n) is 6.48. The molecule has 2 heterocycles. The molecule has 2 aliphatic rings. The Labute approximate surface area is 189 Å². The van der Waals surface area contributed by atoms with Crippen molar-refractivity contribution in [1.82, 2.24) is 10.2 Å². The first-order valence-electron chi connectivity index (χ1n) is 11.5. The Morgan fingerprint density at radius 1 is 0.938 bits per heavy atom. The van der Waals surface area contributed by atoms with Gasteiger partial charge in [-0.05, 0) is 62.5 Å². The lowest BCUT2D eigenvalue weighted by Gasteiger charge is -2.30. The molecule has 0 bridgehead atoms. The Hall–Kier alpha value is -3.06.